The van der Waals surface area contributed by atoms with Crippen LogP contribution in [0.15, 0.2) is 0 Å². The van der Waals surface area contributed by atoms with Gasteiger partial charge in [-0.15, -0.1) is 0 Å². The third-order valence-electron chi connectivity index (χ3n) is 3.18. The molecule has 1 unspecified atom stereocenters. The fourth-order valence-electron chi connectivity index (χ4n) is 2.21. The molecule has 1 atom stereocenters. The zero-order chi connectivity index (χ0) is 13.8. The van der Waals surface area contributed by atoms with Crippen LogP contribution in [0, 0.1) is 0 Å². The van der Waals surface area contributed by atoms with Gasteiger partial charge in [-0.3, -0.25) is 0 Å². The molecule has 1 aliphatic rings. The summed E-state index contributed by atoms with van der Waals surface area (Å²) in [5.74, 6) is 0. The van der Waals surface area contributed by atoms with Crippen molar-refractivity contribution in [1.29, 1.82) is 0 Å². The van der Waals surface area contributed by atoms with E-state index in [9.17, 15) is 9.90 Å². The Labute approximate surface area is 109 Å². The third-order valence-corrected chi connectivity index (χ3v) is 3.18. The minimum absolute atomic E-state index is 0.292. The molecule has 106 valence electrons. The Hall–Kier alpha value is -0.810. The van der Waals surface area contributed by atoms with Gasteiger partial charge in [0.25, 0.3) is 0 Å². The minimum Gasteiger partial charge on any atom is -0.444 e. The van der Waals surface area contributed by atoms with Gasteiger partial charge in [-0.05, 0) is 53.0 Å². The standard InChI is InChI=1S/C13H26N2O3/c1-12(2,3)18-11(16)15-9-4-5-13(17,6-8-14)7-10-15/h17H,4-10,14H2,1-3H3. The molecule has 3 N–H and O–H groups in total. The van der Waals surface area contributed by atoms with Gasteiger partial charge in [0, 0.05) is 13.1 Å². The van der Waals surface area contributed by atoms with Crippen molar-refractivity contribution in [3.05, 3.63) is 0 Å². The molecule has 1 fully saturated rings. The number of carbonyl (C=O) groups excluding carboxylic acids is 1. The van der Waals surface area contributed by atoms with Crippen molar-refractivity contribution in [1.82, 2.24) is 4.90 Å². The number of nitrogens with two attached hydrogens (primary N) is 1. The number of amides is 1. The smallest absolute Gasteiger partial charge is 0.410 e. The molecule has 0 spiro atoms. The summed E-state index contributed by atoms with van der Waals surface area (Å²) in [7, 11) is 0. The lowest BCUT2D eigenvalue weighted by atomic mass is 9.91. The first-order chi connectivity index (χ1) is 8.26. The second-order valence-corrected chi connectivity index (χ2v) is 6.08. The van der Waals surface area contributed by atoms with E-state index in [2.05, 4.69) is 0 Å². The Balaban J connectivity index is 2.54. The highest BCUT2D eigenvalue weighted by molar-refractivity contribution is 5.68. The SMILES string of the molecule is CC(C)(C)OC(=O)N1CCCC(O)(CCN)CC1. The molecule has 5 nitrogen and oxygen atoms in total. The predicted octanol–water partition coefficient (Wildman–Crippen LogP) is 1.49. The van der Waals surface area contributed by atoms with Crippen LogP contribution in [-0.4, -0.2) is 46.9 Å². The molecule has 1 aliphatic heterocycles. The average molecular weight is 258 g/mol. The van der Waals surface area contributed by atoms with E-state index in [-0.39, 0.29) is 6.09 Å². The summed E-state index contributed by atoms with van der Waals surface area (Å²) in [5, 5.41) is 10.3. The molecular formula is C13H26N2O3. The Morgan fingerprint density at radius 3 is 2.61 bits per heavy atom. The summed E-state index contributed by atoms with van der Waals surface area (Å²) >= 11 is 0. The van der Waals surface area contributed by atoms with Crippen LogP contribution in [0.4, 0.5) is 4.79 Å². The number of likely N-dealkylation sites (tertiary alicyclic amines) is 1. The molecule has 0 aromatic heterocycles. The largest absolute Gasteiger partial charge is 0.444 e. The van der Waals surface area contributed by atoms with Crippen LogP contribution in [0.3, 0.4) is 0 Å². The van der Waals surface area contributed by atoms with Gasteiger partial charge in [-0.1, -0.05) is 0 Å². The van der Waals surface area contributed by atoms with Crippen molar-refractivity contribution in [2.75, 3.05) is 19.6 Å². The molecule has 0 aliphatic carbocycles. The van der Waals surface area contributed by atoms with E-state index < -0.39 is 11.2 Å². The molecule has 0 aromatic rings. The monoisotopic (exact) mass is 258 g/mol. The van der Waals surface area contributed by atoms with Gasteiger partial charge in [0.15, 0.2) is 0 Å². The number of hydrogen-bond acceptors (Lipinski definition) is 4. The van der Waals surface area contributed by atoms with Crippen LogP contribution >= 0.6 is 0 Å². The van der Waals surface area contributed by atoms with E-state index in [1.54, 1.807) is 4.90 Å². The maximum absolute atomic E-state index is 11.9. The molecule has 0 radical (unpaired) electrons. The maximum atomic E-state index is 11.9. The van der Waals surface area contributed by atoms with E-state index >= 15 is 0 Å². The molecule has 1 saturated heterocycles. The Kier molecular flexibility index (Phi) is 4.99. The Bertz CT molecular complexity index is 288. The van der Waals surface area contributed by atoms with Crippen LogP contribution in [-0.2, 0) is 4.74 Å². The topological polar surface area (TPSA) is 75.8 Å². The van der Waals surface area contributed by atoms with E-state index in [0.717, 1.165) is 6.42 Å². The lowest BCUT2D eigenvalue weighted by Crippen LogP contribution is -2.38. The zero-order valence-electron chi connectivity index (χ0n) is 11.7. The number of nitrogens with zero attached hydrogens (tertiary/aromatic N) is 1. The first-order valence-corrected chi connectivity index (χ1v) is 6.66. The van der Waals surface area contributed by atoms with Gasteiger partial charge in [-0.25, -0.2) is 4.79 Å². The van der Waals surface area contributed by atoms with Gasteiger partial charge in [-0.2, -0.15) is 0 Å². The number of aliphatic hydroxyl groups is 1. The van der Waals surface area contributed by atoms with Crippen LogP contribution in [0.1, 0.15) is 46.5 Å². The second-order valence-electron chi connectivity index (χ2n) is 6.08. The van der Waals surface area contributed by atoms with E-state index in [0.29, 0.717) is 38.9 Å². The van der Waals surface area contributed by atoms with Gasteiger partial charge in [0.2, 0.25) is 0 Å². The highest BCUT2D eigenvalue weighted by atomic mass is 16.6. The summed E-state index contributed by atoms with van der Waals surface area (Å²) < 4.78 is 5.34. The first kappa shape index (κ1) is 15.2. The highest BCUT2D eigenvalue weighted by Crippen LogP contribution is 2.25. The quantitative estimate of drug-likeness (QED) is 0.786. The fraction of sp³-hybridized carbons (Fsp3) is 0.923. The molecule has 0 saturated carbocycles. The van der Waals surface area contributed by atoms with Crippen LogP contribution in [0.2, 0.25) is 0 Å². The van der Waals surface area contributed by atoms with Gasteiger partial charge >= 0.3 is 6.09 Å². The molecule has 0 bridgehead atoms. The molecule has 1 heterocycles. The van der Waals surface area contributed by atoms with Gasteiger partial charge in [0.1, 0.15) is 5.60 Å². The van der Waals surface area contributed by atoms with Crippen LogP contribution in [0.25, 0.3) is 0 Å². The zero-order valence-corrected chi connectivity index (χ0v) is 11.7. The van der Waals surface area contributed by atoms with E-state index in [4.69, 9.17) is 10.5 Å². The van der Waals surface area contributed by atoms with E-state index in [1.165, 1.54) is 0 Å². The average Bonchev–Trinajstić information content (AvgIpc) is 2.38. The highest BCUT2D eigenvalue weighted by Gasteiger charge is 2.32. The molecule has 1 rings (SSSR count). The van der Waals surface area contributed by atoms with Crippen molar-refractivity contribution in [3.63, 3.8) is 0 Å². The summed E-state index contributed by atoms with van der Waals surface area (Å²) in [6.07, 6.45) is 2.36. The predicted molar refractivity (Wildman–Crippen MR) is 70.3 cm³/mol. The summed E-state index contributed by atoms with van der Waals surface area (Å²) in [4.78, 5) is 13.6. The van der Waals surface area contributed by atoms with Crippen molar-refractivity contribution in [3.8, 4) is 0 Å². The lowest BCUT2D eigenvalue weighted by Gasteiger charge is -2.28. The fourth-order valence-corrected chi connectivity index (χ4v) is 2.21. The van der Waals surface area contributed by atoms with Crippen molar-refractivity contribution in [2.45, 2.75) is 57.7 Å². The summed E-state index contributed by atoms with van der Waals surface area (Å²) in [5.41, 5.74) is 4.32. The molecule has 5 heteroatoms. The Morgan fingerprint density at radius 1 is 1.39 bits per heavy atom. The molecular weight excluding hydrogens is 232 g/mol. The minimum atomic E-state index is -0.717. The maximum Gasteiger partial charge on any atom is 0.410 e. The molecule has 18 heavy (non-hydrogen) atoms. The first-order valence-electron chi connectivity index (χ1n) is 6.66. The van der Waals surface area contributed by atoms with E-state index in [1.807, 2.05) is 20.8 Å². The summed E-state index contributed by atoms with van der Waals surface area (Å²) in [6.45, 7) is 7.21. The number of ether oxygens (including phenoxy) is 1. The van der Waals surface area contributed by atoms with Crippen molar-refractivity contribution >= 4 is 6.09 Å². The van der Waals surface area contributed by atoms with Crippen LogP contribution < -0.4 is 5.73 Å². The summed E-state index contributed by atoms with van der Waals surface area (Å²) in [6, 6.07) is 0. The molecule has 0 aromatic carbocycles. The lowest BCUT2D eigenvalue weighted by molar-refractivity contribution is 0.0121. The third kappa shape index (κ3) is 4.82. The van der Waals surface area contributed by atoms with Crippen molar-refractivity contribution < 1.29 is 14.6 Å². The second kappa shape index (κ2) is 5.89. The van der Waals surface area contributed by atoms with Crippen LogP contribution in [0.5, 0.6) is 0 Å². The number of carbonyl (C=O) groups is 1. The normalized spacial score (nSPS) is 25.7. The van der Waals surface area contributed by atoms with Gasteiger partial charge in [0.05, 0.1) is 5.60 Å². The van der Waals surface area contributed by atoms with Crippen molar-refractivity contribution in [2.24, 2.45) is 5.73 Å². The molecule has 1 amide bonds. The number of hydrogen-bond donors (Lipinski definition) is 2. The number of rotatable bonds is 2. The Morgan fingerprint density at radius 2 is 2.06 bits per heavy atom. The van der Waals surface area contributed by atoms with Gasteiger partial charge < -0.3 is 20.5 Å².